The molecule has 1 heterocycles. The number of hydrogen-bond acceptors (Lipinski definition) is 2. The molecular formula is C9H11NO. The Labute approximate surface area is 66.0 Å². The van der Waals surface area contributed by atoms with Gasteiger partial charge in [-0.2, -0.15) is 0 Å². The van der Waals surface area contributed by atoms with Crippen molar-refractivity contribution in [2.45, 2.75) is 19.3 Å². The van der Waals surface area contributed by atoms with E-state index in [2.05, 4.69) is 12.1 Å². The van der Waals surface area contributed by atoms with E-state index in [9.17, 15) is 0 Å². The average Bonchev–Trinajstić information content (AvgIpc) is 2.04. The Bertz CT molecular complexity index is 259. The van der Waals surface area contributed by atoms with Crippen LogP contribution in [0.2, 0.25) is 0 Å². The van der Waals surface area contributed by atoms with E-state index in [1.54, 1.807) is 0 Å². The van der Waals surface area contributed by atoms with Crippen LogP contribution in [0.4, 0.5) is 0 Å². The summed E-state index contributed by atoms with van der Waals surface area (Å²) in [5.41, 5.74) is 8.22. The van der Waals surface area contributed by atoms with Gasteiger partial charge in [0.2, 0.25) is 0 Å². The molecule has 1 aliphatic rings. The third-order valence-corrected chi connectivity index (χ3v) is 1.99. The van der Waals surface area contributed by atoms with Gasteiger partial charge in [-0.05, 0) is 11.1 Å². The molecule has 0 saturated carbocycles. The summed E-state index contributed by atoms with van der Waals surface area (Å²) in [5.74, 6) is 0. The summed E-state index contributed by atoms with van der Waals surface area (Å²) in [7, 11) is 0. The van der Waals surface area contributed by atoms with E-state index >= 15 is 0 Å². The van der Waals surface area contributed by atoms with E-state index in [0.717, 1.165) is 6.42 Å². The zero-order valence-electron chi connectivity index (χ0n) is 6.29. The fraction of sp³-hybridized carbons (Fsp3) is 0.333. The van der Waals surface area contributed by atoms with Crippen molar-refractivity contribution in [2.24, 2.45) is 5.73 Å². The van der Waals surface area contributed by atoms with Crippen molar-refractivity contribution in [1.29, 1.82) is 0 Å². The molecule has 0 aliphatic carbocycles. The lowest BCUT2D eigenvalue weighted by Crippen LogP contribution is -2.30. The second-order valence-corrected chi connectivity index (χ2v) is 2.82. The Hall–Kier alpha value is -0.860. The smallest absolute Gasteiger partial charge is 0.110 e. The minimum atomic E-state index is -0.107. The van der Waals surface area contributed by atoms with Crippen molar-refractivity contribution in [3.8, 4) is 0 Å². The van der Waals surface area contributed by atoms with Crippen LogP contribution >= 0.6 is 0 Å². The SMILES string of the molecule is N[C@@H]1Cc2ccccc2CO1. The van der Waals surface area contributed by atoms with Gasteiger partial charge in [-0.25, -0.2) is 0 Å². The first-order valence-corrected chi connectivity index (χ1v) is 3.80. The maximum atomic E-state index is 5.63. The molecule has 0 fully saturated rings. The van der Waals surface area contributed by atoms with Crippen molar-refractivity contribution in [1.82, 2.24) is 0 Å². The molecule has 0 saturated heterocycles. The minimum absolute atomic E-state index is 0.107. The van der Waals surface area contributed by atoms with E-state index in [0.29, 0.717) is 6.61 Å². The first kappa shape index (κ1) is 6.83. The molecule has 2 rings (SSSR count). The highest BCUT2D eigenvalue weighted by atomic mass is 16.5. The Balaban J connectivity index is 2.34. The van der Waals surface area contributed by atoms with Crippen LogP contribution in [0.25, 0.3) is 0 Å². The molecule has 0 amide bonds. The highest BCUT2D eigenvalue weighted by Gasteiger charge is 2.13. The lowest BCUT2D eigenvalue weighted by molar-refractivity contribution is 0.0330. The zero-order chi connectivity index (χ0) is 7.68. The monoisotopic (exact) mass is 149 g/mol. The molecule has 1 atom stereocenters. The molecule has 0 radical (unpaired) electrons. The van der Waals surface area contributed by atoms with E-state index in [-0.39, 0.29) is 6.23 Å². The molecule has 2 heteroatoms. The predicted molar refractivity (Wildman–Crippen MR) is 42.9 cm³/mol. The van der Waals surface area contributed by atoms with Gasteiger partial charge in [0.1, 0.15) is 6.23 Å². The third kappa shape index (κ3) is 1.27. The number of rotatable bonds is 0. The Kier molecular flexibility index (Phi) is 1.64. The number of hydrogen-bond donors (Lipinski definition) is 1. The minimum Gasteiger partial charge on any atom is -0.359 e. The van der Waals surface area contributed by atoms with Gasteiger partial charge in [0.05, 0.1) is 6.61 Å². The Morgan fingerprint density at radius 1 is 1.27 bits per heavy atom. The number of ether oxygens (including phenoxy) is 1. The van der Waals surface area contributed by atoms with Crippen LogP contribution in [-0.2, 0) is 17.8 Å². The first-order chi connectivity index (χ1) is 5.36. The standard InChI is InChI=1S/C9H11NO/c10-9-5-7-3-1-2-4-8(7)6-11-9/h1-4,9H,5-6,10H2/t9-/m0/s1. The van der Waals surface area contributed by atoms with Crippen LogP contribution in [0.3, 0.4) is 0 Å². The van der Waals surface area contributed by atoms with Gasteiger partial charge in [0, 0.05) is 6.42 Å². The quantitative estimate of drug-likeness (QED) is 0.598. The normalized spacial score (nSPS) is 22.8. The van der Waals surface area contributed by atoms with Crippen LogP contribution in [0.15, 0.2) is 24.3 Å². The molecule has 0 spiro atoms. The highest BCUT2D eigenvalue weighted by Crippen LogP contribution is 2.17. The second kappa shape index (κ2) is 2.64. The number of nitrogens with two attached hydrogens (primary N) is 1. The maximum absolute atomic E-state index is 5.63. The van der Waals surface area contributed by atoms with Crippen molar-refractivity contribution >= 4 is 0 Å². The van der Waals surface area contributed by atoms with Gasteiger partial charge in [-0.1, -0.05) is 24.3 Å². The van der Waals surface area contributed by atoms with E-state index < -0.39 is 0 Å². The fourth-order valence-corrected chi connectivity index (χ4v) is 1.37. The van der Waals surface area contributed by atoms with Gasteiger partial charge >= 0.3 is 0 Å². The number of benzene rings is 1. The summed E-state index contributed by atoms with van der Waals surface area (Å²) in [5, 5.41) is 0. The molecule has 1 aromatic rings. The molecule has 2 N–H and O–H groups in total. The lowest BCUT2D eigenvalue weighted by Gasteiger charge is -2.21. The van der Waals surface area contributed by atoms with Crippen molar-refractivity contribution in [3.63, 3.8) is 0 Å². The maximum Gasteiger partial charge on any atom is 0.110 e. The summed E-state index contributed by atoms with van der Waals surface area (Å²) in [6.07, 6.45) is 0.737. The van der Waals surface area contributed by atoms with Crippen LogP contribution < -0.4 is 5.73 Å². The summed E-state index contributed by atoms with van der Waals surface area (Å²) in [6, 6.07) is 8.26. The lowest BCUT2D eigenvalue weighted by atomic mass is 10.0. The summed E-state index contributed by atoms with van der Waals surface area (Å²) >= 11 is 0. The summed E-state index contributed by atoms with van der Waals surface area (Å²) in [4.78, 5) is 0. The first-order valence-electron chi connectivity index (χ1n) is 3.80. The van der Waals surface area contributed by atoms with Crippen LogP contribution in [0.5, 0.6) is 0 Å². The van der Waals surface area contributed by atoms with Gasteiger partial charge in [-0.15, -0.1) is 0 Å². The summed E-state index contributed by atoms with van der Waals surface area (Å²) in [6.45, 7) is 0.664. The van der Waals surface area contributed by atoms with Gasteiger partial charge in [-0.3, -0.25) is 0 Å². The van der Waals surface area contributed by atoms with Gasteiger partial charge in [0.25, 0.3) is 0 Å². The van der Waals surface area contributed by atoms with Gasteiger partial charge in [0.15, 0.2) is 0 Å². The Morgan fingerprint density at radius 2 is 2.00 bits per heavy atom. The third-order valence-electron chi connectivity index (χ3n) is 1.99. The zero-order valence-corrected chi connectivity index (χ0v) is 6.29. The number of fused-ring (bicyclic) bond motifs is 1. The van der Waals surface area contributed by atoms with Crippen molar-refractivity contribution in [2.75, 3.05) is 0 Å². The largest absolute Gasteiger partial charge is 0.359 e. The summed E-state index contributed by atoms with van der Waals surface area (Å²) < 4.78 is 5.28. The van der Waals surface area contributed by atoms with Crippen LogP contribution in [0.1, 0.15) is 11.1 Å². The topological polar surface area (TPSA) is 35.2 Å². The predicted octanol–water partition coefficient (Wildman–Crippen LogP) is 1.04. The molecular weight excluding hydrogens is 138 g/mol. The Morgan fingerprint density at radius 3 is 2.82 bits per heavy atom. The highest BCUT2D eigenvalue weighted by molar-refractivity contribution is 5.28. The molecule has 0 aromatic heterocycles. The molecule has 0 bridgehead atoms. The van der Waals surface area contributed by atoms with E-state index in [1.807, 2.05) is 12.1 Å². The molecule has 58 valence electrons. The van der Waals surface area contributed by atoms with Crippen molar-refractivity contribution < 1.29 is 4.74 Å². The van der Waals surface area contributed by atoms with Crippen LogP contribution in [-0.4, -0.2) is 6.23 Å². The molecule has 11 heavy (non-hydrogen) atoms. The van der Waals surface area contributed by atoms with E-state index in [4.69, 9.17) is 10.5 Å². The van der Waals surface area contributed by atoms with Gasteiger partial charge < -0.3 is 10.5 Å². The average molecular weight is 149 g/mol. The fourth-order valence-electron chi connectivity index (χ4n) is 1.37. The van der Waals surface area contributed by atoms with Crippen LogP contribution in [0, 0.1) is 0 Å². The molecule has 0 unspecified atom stereocenters. The molecule has 1 aliphatic heterocycles. The molecule has 1 aromatic carbocycles. The second-order valence-electron chi connectivity index (χ2n) is 2.82. The molecule has 2 nitrogen and oxygen atoms in total. The van der Waals surface area contributed by atoms with E-state index in [1.165, 1.54) is 11.1 Å². The van der Waals surface area contributed by atoms with Crippen molar-refractivity contribution in [3.05, 3.63) is 35.4 Å².